The van der Waals surface area contributed by atoms with Gasteiger partial charge >= 0.3 is 0 Å². The molecule has 1 amide bonds. The number of hydrogen-bond acceptors (Lipinski definition) is 4. The van der Waals surface area contributed by atoms with E-state index in [1.54, 1.807) is 19.2 Å². The number of amides is 1. The molecule has 0 saturated heterocycles. The zero-order chi connectivity index (χ0) is 17.8. The Bertz CT molecular complexity index is 657. The topological polar surface area (TPSA) is 67.4 Å². The highest BCUT2D eigenvalue weighted by Gasteiger charge is 2.14. The number of benzene rings is 2. The summed E-state index contributed by atoms with van der Waals surface area (Å²) < 4.78 is 4.68. The lowest BCUT2D eigenvalue weighted by Crippen LogP contribution is -2.31. The normalized spacial score (nSPS) is 11.4. The summed E-state index contributed by atoms with van der Waals surface area (Å²) in [4.78, 5) is 21.2. The van der Waals surface area contributed by atoms with Gasteiger partial charge in [0.2, 0.25) is 0 Å². The molecule has 0 bridgehead atoms. The van der Waals surface area contributed by atoms with E-state index in [1.807, 2.05) is 50.2 Å². The van der Waals surface area contributed by atoms with Crippen molar-refractivity contribution in [3.8, 4) is 5.75 Å². The summed E-state index contributed by atoms with van der Waals surface area (Å²) in [6.45, 7) is 5.19. The summed E-state index contributed by atoms with van der Waals surface area (Å²) in [6, 6.07) is 15.0. The van der Waals surface area contributed by atoms with Crippen LogP contribution in [0.4, 0.5) is 5.69 Å². The first-order valence-corrected chi connectivity index (χ1v) is 7.99. The molecule has 0 unspecified atom stereocenters. The van der Waals surface area contributed by atoms with Crippen LogP contribution in [0.1, 0.15) is 29.8 Å². The Balaban J connectivity index is 0.000000218. The summed E-state index contributed by atoms with van der Waals surface area (Å²) in [6.07, 6.45) is 0.960. The van der Waals surface area contributed by atoms with E-state index in [0.717, 1.165) is 29.8 Å². The molecule has 128 valence electrons. The first kappa shape index (κ1) is 19.2. The van der Waals surface area contributed by atoms with Gasteiger partial charge in [0.25, 0.3) is 12.4 Å². The van der Waals surface area contributed by atoms with Gasteiger partial charge in [0.05, 0.1) is 5.69 Å². The van der Waals surface area contributed by atoms with Crippen LogP contribution in [-0.2, 0) is 11.2 Å². The molecule has 1 heterocycles. The predicted molar refractivity (Wildman–Crippen MR) is 96.5 cm³/mol. The Hall–Kier alpha value is -2.82. The Morgan fingerprint density at radius 1 is 1.08 bits per heavy atom. The van der Waals surface area contributed by atoms with Crippen LogP contribution in [-0.4, -0.2) is 26.0 Å². The van der Waals surface area contributed by atoms with E-state index in [9.17, 15) is 9.59 Å². The van der Waals surface area contributed by atoms with Gasteiger partial charge in [-0.2, -0.15) is 0 Å². The van der Waals surface area contributed by atoms with Crippen molar-refractivity contribution in [2.24, 2.45) is 0 Å². The third kappa shape index (κ3) is 5.43. The van der Waals surface area contributed by atoms with Crippen LogP contribution in [0.3, 0.4) is 0 Å². The van der Waals surface area contributed by atoms with Gasteiger partial charge in [0.15, 0.2) is 5.75 Å². The number of ether oxygens (including phenoxy) is 1. The van der Waals surface area contributed by atoms with Crippen LogP contribution < -0.4 is 15.4 Å². The number of carbonyl (C=O) groups is 2. The second-order valence-electron chi connectivity index (χ2n) is 4.62. The molecule has 0 aromatic heterocycles. The molecule has 0 atom stereocenters. The van der Waals surface area contributed by atoms with Crippen molar-refractivity contribution in [1.82, 2.24) is 5.32 Å². The maximum absolute atomic E-state index is 11.2. The highest BCUT2D eigenvalue weighted by Crippen LogP contribution is 2.21. The standard InChI is InChI=1S/C9H9NO.C8H9NO2.C2H6/c11-9-8-4-2-1-3-7(8)5-6-10-9;1-9-7-4-2-3-5-8(7)11-6-10;1-2/h1-4H,5-6H2,(H,10,11);2-6,9H,1H3;1-2H3. The molecule has 24 heavy (non-hydrogen) atoms. The number of fused-ring (bicyclic) bond motifs is 1. The third-order valence-corrected chi connectivity index (χ3v) is 3.27. The molecule has 5 nitrogen and oxygen atoms in total. The number of para-hydroxylation sites is 2. The van der Waals surface area contributed by atoms with E-state index in [4.69, 9.17) is 0 Å². The average Bonchev–Trinajstić information content (AvgIpc) is 2.65. The van der Waals surface area contributed by atoms with Gasteiger partial charge in [-0.15, -0.1) is 0 Å². The van der Waals surface area contributed by atoms with Crippen LogP contribution in [0, 0.1) is 0 Å². The second-order valence-corrected chi connectivity index (χ2v) is 4.62. The third-order valence-electron chi connectivity index (χ3n) is 3.27. The quantitative estimate of drug-likeness (QED) is 0.849. The molecule has 0 fully saturated rings. The highest BCUT2D eigenvalue weighted by molar-refractivity contribution is 5.96. The minimum Gasteiger partial charge on any atom is -0.427 e. The molecule has 3 rings (SSSR count). The van der Waals surface area contributed by atoms with Crippen molar-refractivity contribution in [3.05, 3.63) is 59.7 Å². The molecule has 1 aliphatic heterocycles. The first-order valence-electron chi connectivity index (χ1n) is 7.99. The van der Waals surface area contributed by atoms with Crippen LogP contribution in [0.15, 0.2) is 48.5 Å². The van der Waals surface area contributed by atoms with Crippen LogP contribution in [0.25, 0.3) is 0 Å². The van der Waals surface area contributed by atoms with Crippen molar-refractivity contribution in [1.29, 1.82) is 0 Å². The number of carbonyl (C=O) groups excluding carboxylic acids is 2. The summed E-state index contributed by atoms with van der Waals surface area (Å²) in [5.41, 5.74) is 2.80. The van der Waals surface area contributed by atoms with Crippen LogP contribution in [0.5, 0.6) is 5.75 Å². The number of hydrogen-bond donors (Lipinski definition) is 2. The van der Waals surface area contributed by atoms with Crippen molar-refractivity contribution in [3.63, 3.8) is 0 Å². The van der Waals surface area contributed by atoms with E-state index < -0.39 is 0 Å². The number of rotatable bonds is 3. The van der Waals surface area contributed by atoms with Crippen molar-refractivity contribution >= 4 is 18.1 Å². The van der Waals surface area contributed by atoms with E-state index in [2.05, 4.69) is 15.4 Å². The monoisotopic (exact) mass is 328 g/mol. The maximum Gasteiger partial charge on any atom is 0.298 e. The molecule has 0 saturated carbocycles. The molecule has 1 aliphatic rings. The van der Waals surface area contributed by atoms with Gasteiger partial charge < -0.3 is 15.4 Å². The lowest BCUT2D eigenvalue weighted by Gasteiger charge is -2.15. The van der Waals surface area contributed by atoms with Crippen molar-refractivity contribution in [2.75, 3.05) is 18.9 Å². The molecule has 0 aliphatic carbocycles. The van der Waals surface area contributed by atoms with Crippen molar-refractivity contribution in [2.45, 2.75) is 20.3 Å². The zero-order valence-corrected chi connectivity index (χ0v) is 14.3. The lowest BCUT2D eigenvalue weighted by atomic mass is 10.0. The molecule has 0 spiro atoms. The smallest absolute Gasteiger partial charge is 0.298 e. The number of anilines is 1. The average molecular weight is 328 g/mol. The molecule has 2 aromatic rings. The van der Waals surface area contributed by atoms with Gasteiger partial charge in [-0.1, -0.05) is 44.2 Å². The largest absolute Gasteiger partial charge is 0.427 e. The molecule has 2 aromatic carbocycles. The Morgan fingerprint density at radius 2 is 1.75 bits per heavy atom. The minimum atomic E-state index is 0.0619. The minimum absolute atomic E-state index is 0.0619. The van der Waals surface area contributed by atoms with Crippen LogP contribution >= 0.6 is 0 Å². The molecule has 2 N–H and O–H groups in total. The van der Waals surface area contributed by atoms with Gasteiger partial charge in [-0.3, -0.25) is 9.59 Å². The maximum atomic E-state index is 11.2. The summed E-state index contributed by atoms with van der Waals surface area (Å²) in [5, 5.41) is 5.70. The van der Waals surface area contributed by atoms with E-state index in [-0.39, 0.29) is 5.91 Å². The highest BCUT2D eigenvalue weighted by atomic mass is 16.5. The molecular weight excluding hydrogens is 304 g/mol. The van der Waals surface area contributed by atoms with Gasteiger partial charge in [0.1, 0.15) is 0 Å². The zero-order valence-electron chi connectivity index (χ0n) is 14.3. The fourth-order valence-corrected chi connectivity index (χ4v) is 2.19. The first-order chi connectivity index (χ1) is 11.8. The van der Waals surface area contributed by atoms with Crippen LogP contribution in [0.2, 0.25) is 0 Å². The lowest BCUT2D eigenvalue weighted by molar-refractivity contribution is -0.120. The van der Waals surface area contributed by atoms with E-state index in [0.29, 0.717) is 12.2 Å². The fraction of sp³-hybridized carbons (Fsp3) is 0.263. The second kappa shape index (κ2) is 10.8. The summed E-state index contributed by atoms with van der Waals surface area (Å²) in [7, 11) is 1.77. The van der Waals surface area contributed by atoms with Gasteiger partial charge in [-0.25, -0.2) is 0 Å². The van der Waals surface area contributed by atoms with Gasteiger partial charge in [-0.05, 0) is 30.2 Å². The molecule has 0 radical (unpaired) electrons. The Morgan fingerprint density at radius 3 is 2.42 bits per heavy atom. The fourth-order valence-electron chi connectivity index (χ4n) is 2.19. The van der Waals surface area contributed by atoms with E-state index in [1.165, 1.54) is 0 Å². The predicted octanol–water partition coefficient (Wildman–Crippen LogP) is 3.26. The Labute approximate surface area is 143 Å². The van der Waals surface area contributed by atoms with Crippen molar-refractivity contribution < 1.29 is 14.3 Å². The molecule has 5 heteroatoms. The SMILES string of the molecule is CC.CNc1ccccc1OC=O.O=C1NCCc2ccccc21. The van der Waals surface area contributed by atoms with E-state index >= 15 is 0 Å². The Kier molecular flexibility index (Phi) is 8.68. The number of nitrogens with one attached hydrogen (secondary N) is 2. The summed E-state index contributed by atoms with van der Waals surface area (Å²) in [5.74, 6) is 0.608. The van der Waals surface area contributed by atoms with Gasteiger partial charge in [0, 0.05) is 19.2 Å². The molecular formula is C19H24N2O3. The summed E-state index contributed by atoms with van der Waals surface area (Å²) >= 11 is 0.